The first-order chi connectivity index (χ1) is 11.5. The molecule has 3 aromatic rings. The van der Waals surface area contributed by atoms with Gasteiger partial charge in [-0.1, -0.05) is 50.2 Å². The molecule has 1 aliphatic heterocycles. The lowest BCUT2D eigenvalue weighted by atomic mass is 9.82. The summed E-state index contributed by atoms with van der Waals surface area (Å²) in [5.41, 5.74) is 5.44. The summed E-state index contributed by atoms with van der Waals surface area (Å²) in [4.78, 5) is 8.70. The van der Waals surface area contributed by atoms with Gasteiger partial charge in [0.1, 0.15) is 0 Å². The molecule has 2 heterocycles. The fraction of sp³-hybridized carbons (Fsp3) is 0.238. The molecule has 24 heavy (non-hydrogen) atoms. The van der Waals surface area contributed by atoms with Gasteiger partial charge in [0.15, 0.2) is 0 Å². The van der Waals surface area contributed by atoms with Gasteiger partial charge in [-0.15, -0.1) is 0 Å². The highest BCUT2D eigenvalue weighted by Gasteiger charge is 2.31. The van der Waals surface area contributed by atoms with Crippen LogP contribution in [-0.2, 0) is 12.0 Å². The van der Waals surface area contributed by atoms with Gasteiger partial charge in [-0.2, -0.15) is 0 Å². The highest BCUT2D eigenvalue weighted by Crippen LogP contribution is 2.40. The number of nitrogens with zero attached hydrogens (tertiary/aromatic N) is 2. The number of benzene rings is 2. The maximum atomic E-state index is 9.02. The summed E-state index contributed by atoms with van der Waals surface area (Å²) in [5, 5.41) is 10.2. The predicted octanol–water partition coefficient (Wildman–Crippen LogP) is 4.80. The molecule has 0 bridgehead atoms. The van der Waals surface area contributed by atoms with Gasteiger partial charge in [-0.25, -0.2) is 0 Å². The van der Waals surface area contributed by atoms with Crippen molar-refractivity contribution in [3.05, 3.63) is 71.9 Å². The Balaban J connectivity index is 0.000000149. The first-order valence-electron chi connectivity index (χ1n) is 8.12. The third-order valence-corrected chi connectivity index (χ3v) is 4.62. The first-order valence-corrected chi connectivity index (χ1v) is 8.12. The van der Waals surface area contributed by atoms with Crippen molar-refractivity contribution in [1.82, 2.24) is 4.98 Å². The van der Waals surface area contributed by atoms with Crippen molar-refractivity contribution in [3.8, 4) is 0 Å². The summed E-state index contributed by atoms with van der Waals surface area (Å²) >= 11 is 0. The Morgan fingerprint density at radius 2 is 1.75 bits per heavy atom. The maximum absolute atomic E-state index is 9.02. The molecule has 0 radical (unpaired) electrons. The van der Waals surface area contributed by atoms with E-state index in [2.05, 4.69) is 48.9 Å². The van der Waals surface area contributed by atoms with E-state index >= 15 is 0 Å². The number of pyridine rings is 1. The second kappa shape index (κ2) is 6.54. The number of rotatable bonds is 1. The Kier molecular flexibility index (Phi) is 4.45. The highest BCUT2D eigenvalue weighted by molar-refractivity contribution is 5.99. The Morgan fingerprint density at radius 1 is 1.00 bits per heavy atom. The number of hydrogen-bond donors (Lipinski definition) is 1. The molecule has 0 amide bonds. The van der Waals surface area contributed by atoms with Gasteiger partial charge < -0.3 is 5.11 Å². The van der Waals surface area contributed by atoms with Crippen LogP contribution < -0.4 is 0 Å². The van der Waals surface area contributed by atoms with Crippen LogP contribution in [0.15, 0.2) is 65.8 Å². The molecule has 0 fully saturated rings. The van der Waals surface area contributed by atoms with E-state index < -0.39 is 0 Å². The van der Waals surface area contributed by atoms with E-state index in [1.54, 1.807) is 0 Å². The van der Waals surface area contributed by atoms with Crippen LogP contribution in [0, 0.1) is 0 Å². The molecule has 3 nitrogen and oxygen atoms in total. The minimum absolute atomic E-state index is 0.0450. The van der Waals surface area contributed by atoms with Gasteiger partial charge in [0.25, 0.3) is 0 Å². The number of aliphatic hydroxyl groups excluding tert-OH is 1. The minimum atomic E-state index is 0.0450. The number of fused-ring (bicyclic) bond motifs is 2. The van der Waals surface area contributed by atoms with E-state index in [9.17, 15) is 0 Å². The molecule has 122 valence electrons. The number of aliphatic hydroxyl groups is 1. The number of hydrogen-bond acceptors (Lipinski definition) is 3. The Hall–Kier alpha value is -2.52. The zero-order valence-electron chi connectivity index (χ0n) is 14.3. The second-order valence-corrected chi connectivity index (χ2v) is 6.53. The lowest BCUT2D eigenvalue weighted by molar-refractivity contribution is 0.282. The molecule has 1 aliphatic rings. The van der Waals surface area contributed by atoms with Crippen LogP contribution in [0.2, 0.25) is 0 Å². The molecule has 0 saturated heterocycles. The fourth-order valence-electron chi connectivity index (χ4n) is 2.83. The van der Waals surface area contributed by atoms with Crippen LogP contribution in [0.25, 0.3) is 10.9 Å². The van der Waals surface area contributed by atoms with E-state index in [4.69, 9.17) is 5.11 Å². The molecule has 1 N–H and O–H groups in total. The van der Waals surface area contributed by atoms with Crippen molar-refractivity contribution in [1.29, 1.82) is 0 Å². The van der Waals surface area contributed by atoms with Crippen LogP contribution in [0.1, 0.15) is 31.9 Å². The van der Waals surface area contributed by atoms with Gasteiger partial charge >= 0.3 is 0 Å². The van der Waals surface area contributed by atoms with Gasteiger partial charge in [0.2, 0.25) is 0 Å². The van der Waals surface area contributed by atoms with Crippen molar-refractivity contribution < 1.29 is 5.11 Å². The average Bonchev–Trinajstić information content (AvgIpc) is 2.84. The van der Waals surface area contributed by atoms with Crippen LogP contribution in [0.5, 0.6) is 0 Å². The van der Waals surface area contributed by atoms with Crippen molar-refractivity contribution in [2.75, 3.05) is 0 Å². The van der Waals surface area contributed by atoms with Crippen molar-refractivity contribution in [3.63, 3.8) is 0 Å². The Labute approximate surface area is 142 Å². The van der Waals surface area contributed by atoms with Gasteiger partial charge in [-0.3, -0.25) is 9.98 Å². The van der Waals surface area contributed by atoms with E-state index in [0.717, 1.165) is 22.5 Å². The molecule has 0 aliphatic carbocycles. The summed E-state index contributed by atoms with van der Waals surface area (Å²) < 4.78 is 0. The summed E-state index contributed by atoms with van der Waals surface area (Å²) in [6, 6.07) is 18.1. The quantitative estimate of drug-likeness (QED) is 0.700. The van der Waals surface area contributed by atoms with Crippen molar-refractivity contribution >= 4 is 22.3 Å². The molecule has 4 rings (SSSR count). The Bertz CT molecular complexity index is 832. The lowest BCUT2D eigenvalue weighted by Crippen LogP contribution is -2.22. The fourth-order valence-corrected chi connectivity index (χ4v) is 2.83. The van der Waals surface area contributed by atoms with Crippen molar-refractivity contribution in [2.45, 2.75) is 32.8 Å². The lowest BCUT2D eigenvalue weighted by Gasteiger charge is -2.19. The molecule has 0 saturated carbocycles. The van der Waals surface area contributed by atoms with E-state index in [1.807, 2.05) is 42.6 Å². The highest BCUT2D eigenvalue weighted by atomic mass is 16.3. The molecule has 0 atom stereocenters. The monoisotopic (exact) mass is 318 g/mol. The zero-order valence-corrected chi connectivity index (χ0v) is 14.3. The topological polar surface area (TPSA) is 45.5 Å². The van der Waals surface area contributed by atoms with E-state index in [0.29, 0.717) is 0 Å². The minimum Gasteiger partial charge on any atom is -0.392 e. The van der Waals surface area contributed by atoms with Gasteiger partial charge in [-0.05, 0) is 36.2 Å². The smallest absolute Gasteiger partial charge is 0.0701 e. The molecule has 0 spiro atoms. The zero-order chi connectivity index (χ0) is 17.2. The number of para-hydroxylation sites is 1. The van der Waals surface area contributed by atoms with Crippen LogP contribution in [0.3, 0.4) is 0 Å². The largest absolute Gasteiger partial charge is 0.392 e. The SMILES string of the molecule is CC1=Nc2cc(CO)ccc2C1(C)C.c1ccc2ncccc2c1. The first kappa shape index (κ1) is 16.3. The molecule has 0 unspecified atom stereocenters. The molecule has 3 heteroatoms. The average molecular weight is 318 g/mol. The van der Waals surface area contributed by atoms with E-state index in [-0.39, 0.29) is 12.0 Å². The van der Waals surface area contributed by atoms with Gasteiger partial charge in [0, 0.05) is 22.7 Å². The molecular weight excluding hydrogens is 296 g/mol. The van der Waals surface area contributed by atoms with Crippen LogP contribution in [-0.4, -0.2) is 15.8 Å². The van der Waals surface area contributed by atoms with Crippen LogP contribution >= 0.6 is 0 Å². The third-order valence-electron chi connectivity index (χ3n) is 4.62. The predicted molar refractivity (Wildman–Crippen MR) is 99.9 cm³/mol. The van der Waals surface area contributed by atoms with Crippen LogP contribution in [0.4, 0.5) is 5.69 Å². The third kappa shape index (κ3) is 3.08. The summed E-state index contributed by atoms with van der Waals surface area (Å²) in [6.07, 6.45) is 1.81. The van der Waals surface area contributed by atoms with E-state index in [1.165, 1.54) is 10.9 Å². The number of aromatic nitrogens is 1. The van der Waals surface area contributed by atoms with Crippen molar-refractivity contribution in [2.24, 2.45) is 4.99 Å². The van der Waals surface area contributed by atoms with Gasteiger partial charge in [0.05, 0.1) is 17.8 Å². The standard InChI is InChI=1S/C12H15NO.C9H7N/c1-8-12(2,3)10-5-4-9(7-14)6-11(10)13-8;1-2-6-9-8(4-1)5-3-7-10-9/h4-6,14H,7H2,1-3H3;1-7H. The summed E-state index contributed by atoms with van der Waals surface area (Å²) in [5.74, 6) is 0. The number of aliphatic imine (C=N–C) groups is 1. The summed E-state index contributed by atoms with van der Waals surface area (Å²) in [6.45, 7) is 6.49. The maximum Gasteiger partial charge on any atom is 0.0701 e. The summed E-state index contributed by atoms with van der Waals surface area (Å²) in [7, 11) is 0. The Morgan fingerprint density at radius 3 is 2.50 bits per heavy atom. The molecule has 2 aromatic carbocycles. The normalized spacial score (nSPS) is 14.6. The molecular formula is C21H22N2O. The second-order valence-electron chi connectivity index (χ2n) is 6.53. The molecule has 1 aromatic heterocycles.